The van der Waals surface area contributed by atoms with Gasteiger partial charge < -0.3 is 19.7 Å². The third-order valence-electron chi connectivity index (χ3n) is 4.65. The Kier molecular flexibility index (Phi) is 7.15. The summed E-state index contributed by atoms with van der Waals surface area (Å²) in [6.07, 6.45) is -10.1. The molecule has 12 heteroatoms. The van der Waals surface area contributed by atoms with Gasteiger partial charge in [0, 0.05) is 18.8 Å². The standard InChI is InChI=1S/C21H18F6N2O4/c22-20(23,24)13-9-14(21(25,26)27)11-15(10-13)28-18(30)12-33-17-4-2-1-3-16(17)19(31)29-5-7-32-8-6-29/h1-4,9-11H,5-8,12H2,(H,28,30). The number of carbonyl (C=O) groups is 2. The lowest BCUT2D eigenvalue weighted by molar-refractivity contribution is -0.143. The van der Waals surface area contributed by atoms with Gasteiger partial charge in [0.2, 0.25) is 0 Å². The fourth-order valence-corrected chi connectivity index (χ4v) is 3.07. The van der Waals surface area contributed by atoms with Gasteiger partial charge in [0.25, 0.3) is 11.8 Å². The van der Waals surface area contributed by atoms with Crippen LogP contribution in [0.25, 0.3) is 0 Å². The average molecular weight is 476 g/mol. The summed E-state index contributed by atoms with van der Waals surface area (Å²) in [6, 6.07) is 6.78. The van der Waals surface area contributed by atoms with Crippen molar-refractivity contribution in [3.63, 3.8) is 0 Å². The van der Waals surface area contributed by atoms with E-state index in [1.165, 1.54) is 17.0 Å². The van der Waals surface area contributed by atoms with Gasteiger partial charge in [-0.3, -0.25) is 9.59 Å². The van der Waals surface area contributed by atoms with Crippen LogP contribution in [0.2, 0.25) is 0 Å². The molecule has 0 bridgehead atoms. The van der Waals surface area contributed by atoms with Crippen LogP contribution in [0.3, 0.4) is 0 Å². The van der Waals surface area contributed by atoms with Gasteiger partial charge >= 0.3 is 12.4 Å². The number of rotatable bonds is 5. The zero-order chi connectivity index (χ0) is 24.2. The number of morpholine rings is 1. The molecule has 1 heterocycles. The van der Waals surface area contributed by atoms with Crippen LogP contribution in [0.5, 0.6) is 5.75 Å². The van der Waals surface area contributed by atoms with Crippen molar-refractivity contribution in [1.29, 1.82) is 0 Å². The van der Waals surface area contributed by atoms with E-state index in [2.05, 4.69) is 0 Å². The van der Waals surface area contributed by atoms with E-state index >= 15 is 0 Å². The van der Waals surface area contributed by atoms with E-state index < -0.39 is 41.7 Å². The highest BCUT2D eigenvalue weighted by Crippen LogP contribution is 2.37. The largest absolute Gasteiger partial charge is 0.483 e. The molecule has 1 aliphatic rings. The molecule has 33 heavy (non-hydrogen) atoms. The first kappa shape index (κ1) is 24.4. The van der Waals surface area contributed by atoms with Crippen LogP contribution in [0.1, 0.15) is 21.5 Å². The van der Waals surface area contributed by atoms with Crippen molar-refractivity contribution in [2.45, 2.75) is 12.4 Å². The minimum atomic E-state index is -5.05. The Balaban J connectivity index is 1.72. The molecular weight excluding hydrogens is 458 g/mol. The number of carbonyl (C=O) groups excluding carboxylic acids is 2. The first-order valence-electron chi connectivity index (χ1n) is 9.63. The van der Waals surface area contributed by atoms with Crippen molar-refractivity contribution in [2.24, 2.45) is 0 Å². The molecule has 0 aliphatic carbocycles. The predicted molar refractivity (Wildman–Crippen MR) is 104 cm³/mol. The molecule has 2 aromatic carbocycles. The Labute approximate surface area is 184 Å². The van der Waals surface area contributed by atoms with Crippen LogP contribution >= 0.6 is 0 Å². The van der Waals surface area contributed by atoms with Crippen LogP contribution < -0.4 is 10.1 Å². The third kappa shape index (κ3) is 6.37. The van der Waals surface area contributed by atoms with Crippen LogP contribution in [-0.4, -0.2) is 49.6 Å². The van der Waals surface area contributed by atoms with Crippen LogP contribution in [-0.2, 0) is 21.9 Å². The number of benzene rings is 2. The van der Waals surface area contributed by atoms with Crippen molar-refractivity contribution in [1.82, 2.24) is 4.90 Å². The molecule has 1 saturated heterocycles. The Morgan fingerprint density at radius 1 is 0.939 bits per heavy atom. The van der Waals surface area contributed by atoms with Gasteiger partial charge in [-0.05, 0) is 30.3 Å². The van der Waals surface area contributed by atoms with E-state index in [4.69, 9.17) is 9.47 Å². The fourth-order valence-electron chi connectivity index (χ4n) is 3.07. The van der Waals surface area contributed by atoms with E-state index in [0.717, 1.165) is 0 Å². The topological polar surface area (TPSA) is 67.9 Å². The molecule has 178 valence electrons. The number of nitrogens with zero attached hydrogens (tertiary/aromatic N) is 1. The molecule has 1 N–H and O–H groups in total. The number of halogens is 6. The first-order chi connectivity index (χ1) is 15.4. The Morgan fingerprint density at radius 3 is 2.09 bits per heavy atom. The molecule has 6 nitrogen and oxygen atoms in total. The van der Waals surface area contributed by atoms with E-state index in [0.29, 0.717) is 38.4 Å². The second-order valence-corrected chi connectivity index (χ2v) is 7.03. The third-order valence-corrected chi connectivity index (χ3v) is 4.65. The summed E-state index contributed by atoms with van der Waals surface area (Å²) in [6.45, 7) is 0.725. The molecule has 0 unspecified atom stereocenters. The molecule has 3 rings (SSSR count). The highest BCUT2D eigenvalue weighted by Gasteiger charge is 2.37. The maximum Gasteiger partial charge on any atom is 0.416 e. The van der Waals surface area contributed by atoms with Gasteiger partial charge in [0.1, 0.15) is 5.75 Å². The molecule has 0 radical (unpaired) electrons. The number of para-hydroxylation sites is 1. The molecule has 0 spiro atoms. The molecule has 2 amide bonds. The van der Waals surface area contributed by atoms with Gasteiger partial charge in [-0.1, -0.05) is 12.1 Å². The second kappa shape index (κ2) is 9.69. The molecule has 0 saturated carbocycles. The molecule has 1 aliphatic heterocycles. The summed E-state index contributed by atoms with van der Waals surface area (Å²) in [5.41, 5.74) is -3.65. The number of ether oxygens (including phenoxy) is 2. The number of hydrogen-bond donors (Lipinski definition) is 1. The lowest BCUT2D eigenvalue weighted by Crippen LogP contribution is -2.40. The smallest absolute Gasteiger partial charge is 0.416 e. The van der Waals surface area contributed by atoms with Crippen molar-refractivity contribution in [3.8, 4) is 5.75 Å². The van der Waals surface area contributed by atoms with E-state index in [-0.39, 0.29) is 23.3 Å². The number of alkyl halides is 6. The SMILES string of the molecule is O=C(COc1ccccc1C(=O)N1CCOCC1)Nc1cc(C(F)(F)F)cc(C(F)(F)F)c1. The molecular formula is C21H18F6N2O4. The Bertz CT molecular complexity index is 984. The van der Waals surface area contributed by atoms with Gasteiger partial charge in [-0.25, -0.2) is 0 Å². The van der Waals surface area contributed by atoms with Crippen molar-refractivity contribution >= 4 is 17.5 Å². The zero-order valence-corrected chi connectivity index (χ0v) is 16.9. The molecule has 0 atom stereocenters. The van der Waals surface area contributed by atoms with Gasteiger partial charge in [-0.15, -0.1) is 0 Å². The minimum Gasteiger partial charge on any atom is -0.483 e. The van der Waals surface area contributed by atoms with E-state index in [1.54, 1.807) is 12.1 Å². The summed E-state index contributed by atoms with van der Waals surface area (Å²) >= 11 is 0. The monoisotopic (exact) mass is 476 g/mol. The van der Waals surface area contributed by atoms with Crippen LogP contribution in [0, 0.1) is 0 Å². The number of amides is 2. The van der Waals surface area contributed by atoms with Gasteiger partial charge in [-0.2, -0.15) is 26.3 Å². The number of hydrogen-bond acceptors (Lipinski definition) is 4. The zero-order valence-electron chi connectivity index (χ0n) is 16.9. The lowest BCUT2D eigenvalue weighted by Gasteiger charge is -2.27. The first-order valence-corrected chi connectivity index (χ1v) is 9.63. The highest BCUT2D eigenvalue weighted by molar-refractivity contribution is 5.97. The molecule has 2 aromatic rings. The maximum absolute atomic E-state index is 13.0. The van der Waals surface area contributed by atoms with Crippen molar-refractivity contribution in [2.75, 3.05) is 38.2 Å². The Hall–Kier alpha value is -3.28. The summed E-state index contributed by atoms with van der Waals surface area (Å²) in [5.74, 6) is -1.32. The quantitative estimate of drug-likeness (QED) is 0.657. The van der Waals surface area contributed by atoms with Crippen LogP contribution in [0.15, 0.2) is 42.5 Å². The van der Waals surface area contributed by atoms with Gasteiger partial charge in [0.15, 0.2) is 6.61 Å². The predicted octanol–water partition coefficient (Wildman–Crippen LogP) is 4.21. The van der Waals surface area contributed by atoms with Crippen molar-refractivity contribution < 1.29 is 45.4 Å². The number of anilines is 1. The number of nitrogens with one attached hydrogen (secondary N) is 1. The Morgan fingerprint density at radius 2 is 1.52 bits per heavy atom. The minimum absolute atomic E-state index is 0.0420. The van der Waals surface area contributed by atoms with Gasteiger partial charge in [0.05, 0.1) is 29.9 Å². The summed E-state index contributed by atoms with van der Waals surface area (Å²) < 4.78 is 88.3. The van der Waals surface area contributed by atoms with Crippen molar-refractivity contribution in [3.05, 3.63) is 59.2 Å². The highest BCUT2D eigenvalue weighted by atomic mass is 19.4. The molecule has 0 aromatic heterocycles. The van der Waals surface area contributed by atoms with E-state index in [9.17, 15) is 35.9 Å². The summed E-state index contributed by atoms with van der Waals surface area (Å²) in [4.78, 5) is 26.4. The van der Waals surface area contributed by atoms with E-state index in [1.807, 2.05) is 5.32 Å². The summed E-state index contributed by atoms with van der Waals surface area (Å²) in [7, 11) is 0. The summed E-state index contributed by atoms with van der Waals surface area (Å²) in [5, 5.41) is 1.97. The second-order valence-electron chi connectivity index (χ2n) is 7.03. The fraction of sp³-hybridized carbons (Fsp3) is 0.333. The van der Waals surface area contributed by atoms with Crippen LogP contribution in [0.4, 0.5) is 32.0 Å². The maximum atomic E-state index is 13.0. The normalized spacial score (nSPS) is 14.7. The average Bonchev–Trinajstić information content (AvgIpc) is 2.76. The lowest BCUT2D eigenvalue weighted by atomic mass is 10.1. The molecule has 1 fully saturated rings.